The Balaban J connectivity index is 2.78. The van der Waals surface area contributed by atoms with Crippen LogP contribution in [0, 0.1) is 5.92 Å². The third-order valence-corrected chi connectivity index (χ3v) is 3.02. The zero-order chi connectivity index (χ0) is 12.8. The Kier molecular flexibility index (Phi) is 5.01. The van der Waals surface area contributed by atoms with Gasteiger partial charge < -0.3 is 9.84 Å². The summed E-state index contributed by atoms with van der Waals surface area (Å²) in [6.07, 6.45) is 0.897. The molecule has 1 aromatic carbocycles. The maximum Gasteiger partial charge on any atom is 0.303 e. The number of rotatable bonds is 6. The van der Waals surface area contributed by atoms with Gasteiger partial charge in [0.1, 0.15) is 5.75 Å². The lowest BCUT2D eigenvalue weighted by atomic mass is 9.85. The standard InChI is InChI=1S/C14H20O3/c1-10(2)13(8-9-14(15)16)11-4-6-12(17-3)7-5-11/h4-7,10,13H,8-9H2,1-3H3,(H,15,16). The predicted octanol–water partition coefficient (Wildman–Crippen LogP) is 3.30. The fourth-order valence-corrected chi connectivity index (χ4v) is 2.01. The number of carboxylic acids is 1. The van der Waals surface area contributed by atoms with Gasteiger partial charge in [0.05, 0.1) is 7.11 Å². The van der Waals surface area contributed by atoms with Gasteiger partial charge in [0.15, 0.2) is 0 Å². The first-order valence-electron chi connectivity index (χ1n) is 5.90. The summed E-state index contributed by atoms with van der Waals surface area (Å²) in [5.41, 5.74) is 1.18. The Labute approximate surface area is 102 Å². The number of ether oxygens (including phenoxy) is 1. The molecular formula is C14H20O3. The first kappa shape index (κ1) is 13.6. The zero-order valence-corrected chi connectivity index (χ0v) is 10.6. The third kappa shape index (κ3) is 4.10. The molecule has 94 valence electrons. The molecule has 1 rings (SSSR count). The van der Waals surface area contributed by atoms with Gasteiger partial charge in [0, 0.05) is 6.42 Å². The fourth-order valence-electron chi connectivity index (χ4n) is 2.01. The average Bonchev–Trinajstić information content (AvgIpc) is 2.29. The second-order valence-electron chi connectivity index (χ2n) is 4.56. The predicted molar refractivity (Wildman–Crippen MR) is 67.4 cm³/mol. The molecule has 1 aromatic rings. The minimum Gasteiger partial charge on any atom is -0.497 e. The van der Waals surface area contributed by atoms with Crippen LogP contribution in [-0.4, -0.2) is 18.2 Å². The summed E-state index contributed by atoms with van der Waals surface area (Å²) in [7, 11) is 1.64. The number of methoxy groups -OCH3 is 1. The van der Waals surface area contributed by atoms with Gasteiger partial charge in [0.25, 0.3) is 0 Å². The van der Waals surface area contributed by atoms with Gasteiger partial charge in [-0.05, 0) is 36.0 Å². The van der Waals surface area contributed by atoms with E-state index in [1.807, 2.05) is 24.3 Å². The van der Waals surface area contributed by atoms with Crippen molar-refractivity contribution < 1.29 is 14.6 Å². The van der Waals surface area contributed by atoms with Crippen LogP contribution >= 0.6 is 0 Å². The van der Waals surface area contributed by atoms with Gasteiger partial charge in [0.2, 0.25) is 0 Å². The lowest BCUT2D eigenvalue weighted by Crippen LogP contribution is -2.09. The normalized spacial score (nSPS) is 12.5. The molecule has 0 spiro atoms. The van der Waals surface area contributed by atoms with E-state index in [9.17, 15) is 4.79 Å². The molecular weight excluding hydrogens is 216 g/mol. The molecule has 0 aliphatic rings. The molecule has 0 aliphatic heterocycles. The highest BCUT2D eigenvalue weighted by Gasteiger charge is 2.17. The van der Waals surface area contributed by atoms with Gasteiger partial charge in [-0.25, -0.2) is 0 Å². The van der Waals surface area contributed by atoms with E-state index in [-0.39, 0.29) is 12.3 Å². The smallest absolute Gasteiger partial charge is 0.303 e. The highest BCUT2D eigenvalue weighted by atomic mass is 16.5. The first-order chi connectivity index (χ1) is 8.04. The second kappa shape index (κ2) is 6.28. The van der Waals surface area contributed by atoms with E-state index in [0.717, 1.165) is 5.75 Å². The molecule has 1 unspecified atom stereocenters. The van der Waals surface area contributed by atoms with Crippen molar-refractivity contribution in [3.8, 4) is 5.75 Å². The summed E-state index contributed by atoms with van der Waals surface area (Å²) >= 11 is 0. The summed E-state index contributed by atoms with van der Waals surface area (Å²) in [5.74, 6) is 0.818. The van der Waals surface area contributed by atoms with Crippen LogP contribution in [0.2, 0.25) is 0 Å². The SMILES string of the molecule is COc1ccc(C(CCC(=O)O)C(C)C)cc1. The highest BCUT2D eigenvalue weighted by Crippen LogP contribution is 2.30. The van der Waals surface area contributed by atoms with E-state index in [0.29, 0.717) is 12.3 Å². The Morgan fingerprint density at radius 3 is 2.29 bits per heavy atom. The van der Waals surface area contributed by atoms with Crippen molar-refractivity contribution in [3.63, 3.8) is 0 Å². The van der Waals surface area contributed by atoms with Crippen LogP contribution in [-0.2, 0) is 4.79 Å². The molecule has 17 heavy (non-hydrogen) atoms. The number of hydrogen-bond donors (Lipinski definition) is 1. The summed E-state index contributed by atoms with van der Waals surface area (Å²) in [6, 6.07) is 7.88. The Morgan fingerprint density at radius 1 is 1.29 bits per heavy atom. The molecule has 0 aromatic heterocycles. The summed E-state index contributed by atoms with van der Waals surface area (Å²) in [5, 5.41) is 8.75. The molecule has 0 aliphatic carbocycles. The largest absolute Gasteiger partial charge is 0.497 e. The molecule has 0 radical (unpaired) electrons. The topological polar surface area (TPSA) is 46.5 Å². The van der Waals surface area contributed by atoms with Gasteiger partial charge in [-0.15, -0.1) is 0 Å². The van der Waals surface area contributed by atoms with Crippen molar-refractivity contribution in [1.29, 1.82) is 0 Å². The zero-order valence-electron chi connectivity index (χ0n) is 10.6. The average molecular weight is 236 g/mol. The van der Waals surface area contributed by atoms with E-state index in [1.54, 1.807) is 7.11 Å². The number of aliphatic carboxylic acids is 1. The van der Waals surface area contributed by atoms with Crippen LogP contribution in [0.25, 0.3) is 0 Å². The van der Waals surface area contributed by atoms with Crippen molar-refractivity contribution in [2.75, 3.05) is 7.11 Å². The van der Waals surface area contributed by atoms with Crippen LogP contribution < -0.4 is 4.74 Å². The molecule has 0 saturated carbocycles. The minimum atomic E-state index is -0.732. The molecule has 0 amide bonds. The highest BCUT2D eigenvalue weighted by molar-refractivity contribution is 5.66. The minimum absolute atomic E-state index is 0.217. The van der Waals surface area contributed by atoms with Crippen LogP contribution in [0.15, 0.2) is 24.3 Å². The maximum atomic E-state index is 10.6. The molecule has 0 fully saturated rings. The molecule has 1 N–H and O–H groups in total. The van der Waals surface area contributed by atoms with Crippen molar-refractivity contribution in [2.24, 2.45) is 5.92 Å². The maximum absolute atomic E-state index is 10.6. The van der Waals surface area contributed by atoms with Gasteiger partial charge in [-0.1, -0.05) is 26.0 Å². The molecule has 3 nitrogen and oxygen atoms in total. The van der Waals surface area contributed by atoms with Gasteiger partial charge >= 0.3 is 5.97 Å². The van der Waals surface area contributed by atoms with Crippen LogP contribution in [0.3, 0.4) is 0 Å². The third-order valence-electron chi connectivity index (χ3n) is 3.02. The lowest BCUT2D eigenvalue weighted by molar-refractivity contribution is -0.137. The monoisotopic (exact) mass is 236 g/mol. The quantitative estimate of drug-likeness (QED) is 0.824. The number of carboxylic acid groups (broad SMARTS) is 1. The van der Waals surface area contributed by atoms with Crippen molar-refractivity contribution in [2.45, 2.75) is 32.6 Å². The molecule has 0 bridgehead atoms. The Morgan fingerprint density at radius 2 is 1.88 bits per heavy atom. The van der Waals surface area contributed by atoms with E-state index < -0.39 is 5.97 Å². The summed E-state index contributed by atoms with van der Waals surface area (Å²) in [6.45, 7) is 4.24. The number of carbonyl (C=O) groups is 1. The van der Waals surface area contributed by atoms with E-state index in [2.05, 4.69) is 13.8 Å². The van der Waals surface area contributed by atoms with Crippen LogP contribution in [0.4, 0.5) is 0 Å². The van der Waals surface area contributed by atoms with Crippen molar-refractivity contribution in [1.82, 2.24) is 0 Å². The molecule has 3 heteroatoms. The first-order valence-corrected chi connectivity index (χ1v) is 5.90. The Hall–Kier alpha value is -1.51. The number of benzene rings is 1. The fraction of sp³-hybridized carbons (Fsp3) is 0.500. The summed E-state index contributed by atoms with van der Waals surface area (Å²) in [4.78, 5) is 10.6. The van der Waals surface area contributed by atoms with Crippen LogP contribution in [0.1, 0.15) is 38.2 Å². The molecule has 0 heterocycles. The van der Waals surface area contributed by atoms with E-state index in [4.69, 9.17) is 9.84 Å². The molecule has 1 atom stereocenters. The van der Waals surface area contributed by atoms with E-state index >= 15 is 0 Å². The summed E-state index contributed by atoms with van der Waals surface area (Å²) < 4.78 is 5.11. The lowest BCUT2D eigenvalue weighted by Gasteiger charge is -2.20. The van der Waals surface area contributed by atoms with Crippen LogP contribution in [0.5, 0.6) is 5.75 Å². The number of hydrogen-bond acceptors (Lipinski definition) is 2. The second-order valence-corrected chi connectivity index (χ2v) is 4.56. The van der Waals surface area contributed by atoms with Crippen molar-refractivity contribution >= 4 is 5.97 Å². The Bertz CT molecular complexity index is 354. The van der Waals surface area contributed by atoms with E-state index in [1.165, 1.54) is 5.56 Å². The molecule has 0 saturated heterocycles. The van der Waals surface area contributed by atoms with Gasteiger partial charge in [-0.2, -0.15) is 0 Å². The van der Waals surface area contributed by atoms with Crippen molar-refractivity contribution in [3.05, 3.63) is 29.8 Å². The van der Waals surface area contributed by atoms with Gasteiger partial charge in [-0.3, -0.25) is 4.79 Å².